The number of carbonyl (C=O) groups is 1. The minimum atomic E-state index is -0.296. The van der Waals surface area contributed by atoms with Gasteiger partial charge in [0.2, 0.25) is 0 Å². The van der Waals surface area contributed by atoms with Crippen molar-refractivity contribution < 1.29 is 14.3 Å². The van der Waals surface area contributed by atoms with Crippen LogP contribution in [-0.2, 0) is 0 Å². The van der Waals surface area contributed by atoms with Crippen LogP contribution in [0, 0.1) is 0 Å². The molecule has 5 heteroatoms. The van der Waals surface area contributed by atoms with E-state index in [9.17, 15) is 4.79 Å². The second kappa shape index (κ2) is 14.3. The predicted molar refractivity (Wildman–Crippen MR) is 125 cm³/mol. The van der Waals surface area contributed by atoms with E-state index >= 15 is 0 Å². The third kappa shape index (κ3) is 9.68. The summed E-state index contributed by atoms with van der Waals surface area (Å²) < 4.78 is 11.6. The lowest BCUT2D eigenvalue weighted by atomic mass is 10.2. The zero-order valence-corrected chi connectivity index (χ0v) is 18.4. The Bertz CT molecular complexity index is 687. The number of hydrogen-bond acceptors (Lipinski definition) is 3. The molecular formula is C25H36N2O3. The maximum atomic E-state index is 12.4. The zero-order chi connectivity index (χ0) is 21.4. The smallest absolute Gasteiger partial charge is 0.323 e. The van der Waals surface area contributed by atoms with Gasteiger partial charge in [-0.3, -0.25) is 0 Å². The van der Waals surface area contributed by atoms with Crippen LogP contribution in [-0.4, -0.2) is 19.2 Å². The first-order valence-electron chi connectivity index (χ1n) is 11.2. The van der Waals surface area contributed by atoms with E-state index in [0.717, 1.165) is 24.3 Å². The van der Waals surface area contributed by atoms with Crippen molar-refractivity contribution in [2.45, 2.75) is 65.2 Å². The van der Waals surface area contributed by atoms with Crippen LogP contribution in [0.25, 0.3) is 0 Å². The zero-order valence-electron chi connectivity index (χ0n) is 18.4. The highest BCUT2D eigenvalue weighted by molar-refractivity contribution is 5.99. The van der Waals surface area contributed by atoms with Gasteiger partial charge in [-0.2, -0.15) is 0 Å². The minimum Gasteiger partial charge on any atom is -0.494 e. The van der Waals surface area contributed by atoms with E-state index in [1.54, 1.807) is 0 Å². The molecule has 0 heterocycles. The van der Waals surface area contributed by atoms with E-state index in [4.69, 9.17) is 9.47 Å². The second-order valence-electron chi connectivity index (χ2n) is 7.45. The van der Waals surface area contributed by atoms with Gasteiger partial charge in [0, 0.05) is 23.5 Å². The van der Waals surface area contributed by atoms with Crippen LogP contribution in [0.15, 0.2) is 48.5 Å². The number of urea groups is 1. The molecule has 0 spiro atoms. The molecule has 2 amide bonds. The van der Waals surface area contributed by atoms with Crippen molar-refractivity contribution in [3.05, 3.63) is 48.5 Å². The fraction of sp³-hybridized carbons (Fsp3) is 0.480. The van der Waals surface area contributed by atoms with Gasteiger partial charge in [-0.05, 0) is 37.1 Å². The van der Waals surface area contributed by atoms with Crippen LogP contribution in [0.5, 0.6) is 11.5 Å². The SMILES string of the molecule is CCCCCCOc1cccc(NC(=O)Nc2cccc(OCCCCCC)c2)c1. The van der Waals surface area contributed by atoms with Crippen LogP contribution < -0.4 is 20.1 Å². The predicted octanol–water partition coefficient (Wildman–Crippen LogP) is 7.25. The third-order valence-electron chi connectivity index (χ3n) is 4.72. The normalized spacial score (nSPS) is 10.5. The van der Waals surface area contributed by atoms with Crippen LogP contribution in [0.3, 0.4) is 0 Å². The van der Waals surface area contributed by atoms with Crippen molar-refractivity contribution in [1.82, 2.24) is 0 Å². The van der Waals surface area contributed by atoms with Crippen molar-refractivity contribution in [3.8, 4) is 11.5 Å². The molecule has 0 bridgehead atoms. The Balaban J connectivity index is 1.78. The van der Waals surface area contributed by atoms with E-state index < -0.39 is 0 Å². The van der Waals surface area contributed by atoms with Crippen LogP contribution in [0.2, 0.25) is 0 Å². The molecule has 2 N–H and O–H groups in total. The van der Waals surface area contributed by atoms with Crippen molar-refractivity contribution >= 4 is 17.4 Å². The number of anilines is 2. The Kier molecular flexibility index (Phi) is 11.3. The molecule has 0 aliphatic rings. The molecule has 2 aromatic carbocycles. The first-order valence-corrected chi connectivity index (χ1v) is 11.2. The Labute approximate surface area is 181 Å². The first kappa shape index (κ1) is 23.6. The van der Waals surface area contributed by atoms with E-state index in [1.165, 1.54) is 38.5 Å². The van der Waals surface area contributed by atoms with E-state index in [-0.39, 0.29) is 6.03 Å². The number of nitrogens with one attached hydrogen (secondary N) is 2. The van der Waals surface area contributed by atoms with Crippen molar-refractivity contribution in [1.29, 1.82) is 0 Å². The molecular weight excluding hydrogens is 376 g/mol. The summed E-state index contributed by atoms with van der Waals surface area (Å²) in [5.41, 5.74) is 1.39. The molecule has 0 saturated carbocycles. The summed E-state index contributed by atoms with van der Waals surface area (Å²) in [6, 6.07) is 14.7. The quantitative estimate of drug-likeness (QED) is 0.321. The second-order valence-corrected chi connectivity index (χ2v) is 7.45. The molecule has 0 aromatic heterocycles. The molecule has 164 valence electrons. The number of unbranched alkanes of at least 4 members (excludes halogenated alkanes) is 6. The molecule has 2 aromatic rings. The van der Waals surface area contributed by atoms with Crippen LogP contribution >= 0.6 is 0 Å². The van der Waals surface area contributed by atoms with Gasteiger partial charge in [0.05, 0.1) is 13.2 Å². The summed E-state index contributed by atoms with van der Waals surface area (Å²) >= 11 is 0. The first-order chi connectivity index (χ1) is 14.7. The summed E-state index contributed by atoms with van der Waals surface area (Å²) in [4.78, 5) is 12.4. The number of rotatable bonds is 14. The lowest BCUT2D eigenvalue weighted by Crippen LogP contribution is -2.19. The molecule has 5 nitrogen and oxygen atoms in total. The van der Waals surface area contributed by atoms with Gasteiger partial charge in [-0.15, -0.1) is 0 Å². The molecule has 0 saturated heterocycles. The lowest BCUT2D eigenvalue weighted by Gasteiger charge is -2.11. The van der Waals surface area contributed by atoms with Gasteiger partial charge >= 0.3 is 6.03 Å². The monoisotopic (exact) mass is 412 g/mol. The van der Waals surface area contributed by atoms with E-state index in [2.05, 4.69) is 24.5 Å². The van der Waals surface area contributed by atoms with Crippen molar-refractivity contribution in [2.24, 2.45) is 0 Å². The maximum Gasteiger partial charge on any atom is 0.323 e. The molecule has 0 fully saturated rings. The average molecular weight is 413 g/mol. The molecule has 30 heavy (non-hydrogen) atoms. The Morgan fingerprint density at radius 1 is 0.700 bits per heavy atom. The van der Waals surface area contributed by atoms with Crippen molar-refractivity contribution in [2.75, 3.05) is 23.8 Å². The number of benzene rings is 2. The summed E-state index contributed by atoms with van der Waals surface area (Å²) in [5, 5.41) is 5.71. The molecule has 0 radical (unpaired) electrons. The van der Waals surface area contributed by atoms with Crippen LogP contribution in [0.1, 0.15) is 65.2 Å². The topological polar surface area (TPSA) is 59.6 Å². The van der Waals surface area contributed by atoms with Gasteiger partial charge in [-0.1, -0.05) is 64.5 Å². The third-order valence-corrected chi connectivity index (χ3v) is 4.72. The van der Waals surface area contributed by atoms with Gasteiger partial charge in [0.25, 0.3) is 0 Å². The summed E-state index contributed by atoms with van der Waals surface area (Å²) in [7, 11) is 0. The fourth-order valence-corrected chi connectivity index (χ4v) is 3.06. The summed E-state index contributed by atoms with van der Waals surface area (Å²) in [5.74, 6) is 1.53. The van der Waals surface area contributed by atoms with Gasteiger partial charge in [0.15, 0.2) is 0 Å². The highest BCUT2D eigenvalue weighted by Crippen LogP contribution is 2.20. The van der Waals surface area contributed by atoms with Crippen molar-refractivity contribution in [3.63, 3.8) is 0 Å². The molecule has 2 rings (SSSR count). The minimum absolute atomic E-state index is 0.296. The summed E-state index contributed by atoms with van der Waals surface area (Å²) in [6.07, 6.45) is 9.33. The van der Waals surface area contributed by atoms with E-state index in [0.29, 0.717) is 24.6 Å². The van der Waals surface area contributed by atoms with Gasteiger partial charge in [-0.25, -0.2) is 4.79 Å². The Morgan fingerprint density at radius 3 is 1.60 bits per heavy atom. The lowest BCUT2D eigenvalue weighted by molar-refractivity contribution is 0.262. The number of ether oxygens (including phenoxy) is 2. The molecule has 0 unspecified atom stereocenters. The molecule has 0 atom stereocenters. The van der Waals surface area contributed by atoms with Gasteiger partial charge < -0.3 is 20.1 Å². The maximum absolute atomic E-state index is 12.4. The highest BCUT2D eigenvalue weighted by atomic mass is 16.5. The molecule has 0 aliphatic carbocycles. The van der Waals surface area contributed by atoms with Crippen LogP contribution in [0.4, 0.5) is 16.2 Å². The highest BCUT2D eigenvalue weighted by Gasteiger charge is 2.05. The fourth-order valence-electron chi connectivity index (χ4n) is 3.06. The number of amides is 2. The Hall–Kier alpha value is -2.69. The average Bonchev–Trinajstić information content (AvgIpc) is 2.74. The number of hydrogen-bond donors (Lipinski definition) is 2. The molecule has 0 aliphatic heterocycles. The van der Waals surface area contributed by atoms with E-state index in [1.807, 2.05) is 48.5 Å². The number of carbonyl (C=O) groups excluding carboxylic acids is 1. The summed E-state index contributed by atoms with van der Waals surface area (Å²) in [6.45, 7) is 5.78. The van der Waals surface area contributed by atoms with Gasteiger partial charge in [0.1, 0.15) is 11.5 Å². The largest absolute Gasteiger partial charge is 0.494 e. The standard InChI is InChI=1S/C25H36N2O3/c1-3-5-7-9-17-29-23-15-11-13-21(19-23)26-25(28)27-22-14-12-16-24(20-22)30-18-10-8-6-4-2/h11-16,19-20H,3-10,17-18H2,1-2H3,(H2,26,27,28). The Morgan fingerprint density at radius 2 is 1.17 bits per heavy atom.